The van der Waals surface area contributed by atoms with Gasteiger partial charge in [0.25, 0.3) is 5.91 Å². The van der Waals surface area contributed by atoms with Crippen LogP contribution >= 0.6 is 0 Å². The molecule has 38 heavy (non-hydrogen) atoms. The van der Waals surface area contributed by atoms with Crippen molar-refractivity contribution < 1.29 is 23.9 Å². The number of fused-ring (bicyclic) bond motifs is 7. The van der Waals surface area contributed by atoms with Crippen LogP contribution in [-0.2, 0) is 31.3 Å². The number of hydrogen-bond acceptors (Lipinski definition) is 6. The lowest BCUT2D eigenvalue weighted by Crippen LogP contribution is -2.59. The number of carbonyl (C=O) groups is 4. The molecule has 3 unspecified atom stereocenters. The molecule has 3 fully saturated rings. The Labute approximate surface area is 218 Å². The normalized spacial score (nSPS) is 27.7. The van der Waals surface area contributed by atoms with Gasteiger partial charge in [-0.2, -0.15) is 5.01 Å². The molecule has 3 aromatic rings. The van der Waals surface area contributed by atoms with Gasteiger partial charge in [-0.3, -0.25) is 24.6 Å². The molecule has 1 spiro atoms. The Kier molecular flexibility index (Phi) is 4.77. The third kappa shape index (κ3) is 2.79. The van der Waals surface area contributed by atoms with E-state index in [1.165, 1.54) is 4.90 Å². The molecule has 190 valence electrons. The van der Waals surface area contributed by atoms with Crippen molar-refractivity contribution >= 4 is 35.0 Å². The molecule has 4 aliphatic rings. The second kappa shape index (κ2) is 8.00. The minimum atomic E-state index is -1.53. The Hall–Kier alpha value is -4.50. The van der Waals surface area contributed by atoms with Crippen molar-refractivity contribution in [2.24, 2.45) is 11.8 Å². The lowest BCUT2D eigenvalue weighted by atomic mass is 9.76. The van der Waals surface area contributed by atoms with Gasteiger partial charge in [0.05, 0.1) is 37.2 Å². The van der Waals surface area contributed by atoms with Crippen molar-refractivity contribution in [2.75, 3.05) is 16.9 Å². The predicted octanol–water partition coefficient (Wildman–Crippen LogP) is 2.36. The first-order valence-electron chi connectivity index (χ1n) is 12.5. The van der Waals surface area contributed by atoms with Crippen LogP contribution in [0.1, 0.15) is 17.5 Å². The summed E-state index contributed by atoms with van der Waals surface area (Å²) in [4.78, 5) is 58.2. The lowest BCUT2D eigenvalue weighted by molar-refractivity contribution is -0.140. The fourth-order valence-corrected chi connectivity index (χ4v) is 6.75. The number of imide groups is 1. The van der Waals surface area contributed by atoms with Crippen molar-refractivity contribution in [3.05, 3.63) is 90.0 Å². The molecule has 4 amide bonds. The van der Waals surface area contributed by atoms with Gasteiger partial charge in [-0.1, -0.05) is 48.5 Å². The van der Waals surface area contributed by atoms with E-state index in [4.69, 9.17) is 4.74 Å². The van der Waals surface area contributed by atoms with Crippen molar-refractivity contribution in [3.8, 4) is 5.75 Å². The van der Waals surface area contributed by atoms with Gasteiger partial charge < -0.3 is 9.64 Å². The van der Waals surface area contributed by atoms with E-state index < -0.39 is 35.2 Å². The summed E-state index contributed by atoms with van der Waals surface area (Å²) in [6, 6.07) is 23.0. The second-order valence-corrected chi connectivity index (χ2v) is 10.1. The maximum absolute atomic E-state index is 14.6. The molecule has 9 heteroatoms. The van der Waals surface area contributed by atoms with E-state index in [-0.39, 0.29) is 18.2 Å². The third-order valence-electron chi connectivity index (χ3n) is 8.26. The molecule has 0 aliphatic carbocycles. The maximum Gasteiger partial charge on any atom is 0.255 e. The van der Waals surface area contributed by atoms with E-state index in [1.807, 2.05) is 54.6 Å². The summed E-state index contributed by atoms with van der Waals surface area (Å²) < 4.78 is 5.23. The smallest absolute Gasteiger partial charge is 0.255 e. The maximum atomic E-state index is 14.6. The van der Waals surface area contributed by atoms with E-state index in [1.54, 1.807) is 41.3 Å². The zero-order valence-corrected chi connectivity index (χ0v) is 20.5. The number of benzene rings is 3. The Balaban J connectivity index is 1.39. The van der Waals surface area contributed by atoms with E-state index >= 15 is 0 Å². The molecule has 4 aliphatic heterocycles. The molecule has 3 saturated heterocycles. The molecule has 4 heterocycles. The molecule has 0 saturated carbocycles. The Morgan fingerprint density at radius 3 is 2.34 bits per heavy atom. The highest BCUT2D eigenvalue weighted by Crippen LogP contribution is 2.60. The van der Waals surface area contributed by atoms with Crippen molar-refractivity contribution in [1.29, 1.82) is 0 Å². The van der Waals surface area contributed by atoms with Crippen LogP contribution in [0, 0.1) is 11.8 Å². The van der Waals surface area contributed by atoms with Crippen LogP contribution in [0.5, 0.6) is 5.75 Å². The number of amides is 4. The summed E-state index contributed by atoms with van der Waals surface area (Å²) in [6.07, 6.45) is 0.0342. The SMILES string of the molecule is COc1ccc(N2C(=O)C3C4CC(=O)NN4[C@]4(C(=O)N(Cc5ccccc5)c5ccccc54)C3C2=O)cc1. The number of carbonyl (C=O) groups excluding carboxylic acids is 4. The van der Waals surface area contributed by atoms with Gasteiger partial charge in [0.1, 0.15) is 5.75 Å². The number of hydrazine groups is 1. The molecular formula is C29H24N4O5. The van der Waals surface area contributed by atoms with E-state index in [2.05, 4.69) is 5.43 Å². The molecule has 3 aromatic carbocycles. The number of para-hydroxylation sites is 1. The number of ether oxygens (including phenoxy) is 1. The molecule has 7 rings (SSSR count). The van der Waals surface area contributed by atoms with Crippen LogP contribution in [-0.4, -0.2) is 41.8 Å². The van der Waals surface area contributed by atoms with Gasteiger partial charge >= 0.3 is 0 Å². The number of anilines is 2. The second-order valence-electron chi connectivity index (χ2n) is 10.1. The number of methoxy groups -OCH3 is 1. The summed E-state index contributed by atoms with van der Waals surface area (Å²) in [5, 5.41) is 1.61. The fraction of sp³-hybridized carbons (Fsp3) is 0.241. The molecule has 9 nitrogen and oxygen atoms in total. The lowest BCUT2D eigenvalue weighted by Gasteiger charge is -2.36. The van der Waals surface area contributed by atoms with Gasteiger partial charge in [0.15, 0.2) is 5.54 Å². The van der Waals surface area contributed by atoms with Gasteiger partial charge in [-0.15, -0.1) is 0 Å². The van der Waals surface area contributed by atoms with Gasteiger partial charge in [-0.05, 0) is 35.9 Å². The molecular weight excluding hydrogens is 484 g/mol. The van der Waals surface area contributed by atoms with Crippen molar-refractivity contribution in [2.45, 2.75) is 24.5 Å². The Morgan fingerprint density at radius 2 is 1.61 bits per heavy atom. The van der Waals surface area contributed by atoms with Crippen LogP contribution < -0.4 is 20.0 Å². The Bertz CT molecular complexity index is 1510. The van der Waals surface area contributed by atoms with E-state index in [9.17, 15) is 19.2 Å². The van der Waals surface area contributed by atoms with Gasteiger partial charge in [0.2, 0.25) is 17.7 Å². The zero-order chi connectivity index (χ0) is 26.2. The predicted molar refractivity (Wildman–Crippen MR) is 137 cm³/mol. The van der Waals surface area contributed by atoms with Crippen LogP contribution in [0.4, 0.5) is 11.4 Å². The van der Waals surface area contributed by atoms with Crippen LogP contribution in [0.25, 0.3) is 0 Å². The summed E-state index contributed by atoms with van der Waals surface area (Å²) in [5.41, 5.74) is 3.96. The highest BCUT2D eigenvalue weighted by Gasteiger charge is 2.77. The number of rotatable bonds is 4. The van der Waals surface area contributed by atoms with Crippen molar-refractivity contribution in [3.63, 3.8) is 0 Å². The Morgan fingerprint density at radius 1 is 0.895 bits per heavy atom. The monoisotopic (exact) mass is 508 g/mol. The topological polar surface area (TPSA) is 99.3 Å². The fourth-order valence-electron chi connectivity index (χ4n) is 6.75. The van der Waals surface area contributed by atoms with Crippen LogP contribution in [0.2, 0.25) is 0 Å². The van der Waals surface area contributed by atoms with Gasteiger partial charge in [-0.25, -0.2) is 4.90 Å². The standard InChI is InChI=1S/C29H24N4O5/c1-38-19-13-11-18(12-14-19)32-26(35)24-22-15-23(34)30-33(22)29(25(24)27(32)36)20-9-5-6-10-21(20)31(28(29)37)16-17-7-3-2-4-8-17/h2-14,22,24-25H,15-16H2,1H3,(H,30,34)/t22?,24?,25?,29-/m0/s1. The summed E-state index contributed by atoms with van der Waals surface area (Å²) in [6.45, 7) is 0.298. The average molecular weight is 509 g/mol. The third-order valence-corrected chi connectivity index (χ3v) is 8.26. The highest BCUT2D eigenvalue weighted by molar-refractivity contribution is 6.26. The van der Waals surface area contributed by atoms with Gasteiger partial charge in [0, 0.05) is 17.7 Å². The zero-order valence-electron chi connectivity index (χ0n) is 20.5. The molecule has 1 N–H and O–H groups in total. The van der Waals surface area contributed by atoms with E-state index in [0.29, 0.717) is 29.2 Å². The van der Waals surface area contributed by atoms with E-state index in [0.717, 1.165) is 5.56 Å². The number of nitrogens with zero attached hydrogens (tertiary/aromatic N) is 3. The molecule has 0 aromatic heterocycles. The van der Waals surface area contributed by atoms with Crippen LogP contribution in [0.3, 0.4) is 0 Å². The largest absolute Gasteiger partial charge is 0.497 e. The number of nitrogens with one attached hydrogen (secondary N) is 1. The molecule has 4 atom stereocenters. The first kappa shape index (κ1) is 22.7. The summed E-state index contributed by atoms with van der Waals surface area (Å²) >= 11 is 0. The quantitative estimate of drug-likeness (QED) is 0.544. The first-order valence-corrected chi connectivity index (χ1v) is 12.5. The minimum Gasteiger partial charge on any atom is -0.497 e. The minimum absolute atomic E-state index is 0.0342. The summed E-state index contributed by atoms with van der Waals surface area (Å²) in [7, 11) is 1.54. The average Bonchev–Trinajstić information content (AvgIpc) is 3.60. The summed E-state index contributed by atoms with van der Waals surface area (Å²) in [5.74, 6) is -2.69. The molecule has 0 bridgehead atoms. The highest BCUT2D eigenvalue weighted by atomic mass is 16.5. The number of hydrogen-bond donors (Lipinski definition) is 1. The molecule has 0 radical (unpaired) electrons. The van der Waals surface area contributed by atoms with Crippen LogP contribution in [0.15, 0.2) is 78.9 Å². The van der Waals surface area contributed by atoms with Crippen molar-refractivity contribution in [1.82, 2.24) is 10.4 Å². The first-order chi connectivity index (χ1) is 18.5.